The third-order valence-corrected chi connectivity index (χ3v) is 7.16. The lowest BCUT2D eigenvalue weighted by Crippen LogP contribution is -2.43. The number of hydrogen-bond donors (Lipinski definition) is 2. The Hall–Kier alpha value is -3.10. The first-order chi connectivity index (χ1) is 16.4. The van der Waals surface area contributed by atoms with Gasteiger partial charge in [0.1, 0.15) is 28.9 Å². The molecule has 10 heteroatoms. The van der Waals surface area contributed by atoms with Crippen LogP contribution in [0.5, 0.6) is 0 Å². The molecule has 0 saturated carbocycles. The van der Waals surface area contributed by atoms with Crippen molar-refractivity contribution in [2.75, 3.05) is 13.1 Å². The minimum Gasteiger partial charge on any atom is -0.339 e. The molecule has 5 rings (SSSR count). The third kappa shape index (κ3) is 4.35. The maximum absolute atomic E-state index is 14.7. The Morgan fingerprint density at radius 2 is 2.00 bits per heavy atom. The van der Waals surface area contributed by atoms with E-state index in [-0.39, 0.29) is 27.2 Å². The van der Waals surface area contributed by atoms with Crippen LogP contribution < -0.4 is 10.1 Å². The zero-order valence-corrected chi connectivity index (χ0v) is 19.7. The molecule has 176 valence electrons. The van der Waals surface area contributed by atoms with E-state index in [0.717, 1.165) is 24.9 Å². The Labute approximate surface area is 204 Å². The SMILES string of the molecule is O=C(c1cc(Cc2c[nH]c(=O)c3cc(Cl)c(Cl)n23)ccc1F)N1CCC(C[n+]2cc[nH]c2)CC1. The predicted molar refractivity (Wildman–Crippen MR) is 127 cm³/mol. The van der Waals surface area contributed by atoms with Gasteiger partial charge < -0.3 is 9.88 Å². The second-order valence-corrected chi connectivity index (χ2v) is 9.41. The van der Waals surface area contributed by atoms with Crippen molar-refractivity contribution in [1.29, 1.82) is 0 Å². The van der Waals surface area contributed by atoms with Gasteiger partial charge in [-0.15, -0.1) is 0 Å². The molecule has 0 atom stereocenters. The van der Waals surface area contributed by atoms with Crippen molar-refractivity contribution in [3.8, 4) is 0 Å². The van der Waals surface area contributed by atoms with E-state index in [1.165, 1.54) is 12.1 Å². The van der Waals surface area contributed by atoms with Crippen LogP contribution in [-0.2, 0) is 13.0 Å². The number of benzene rings is 1. The van der Waals surface area contributed by atoms with Crippen LogP contribution in [0.15, 0.2) is 54.0 Å². The van der Waals surface area contributed by atoms with Gasteiger partial charge in [-0.3, -0.25) is 19.0 Å². The van der Waals surface area contributed by atoms with Crippen molar-refractivity contribution in [1.82, 2.24) is 19.3 Å². The third-order valence-electron chi connectivity index (χ3n) is 6.41. The number of carbonyl (C=O) groups is 1. The molecule has 1 amide bonds. The van der Waals surface area contributed by atoms with Crippen LogP contribution in [0.4, 0.5) is 4.39 Å². The molecule has 1 aliphatic heterocycles. The molecule has 7 nitrogen and oxygen atoms in total. The topological polar surface area (TPSA) is 77.2 Å². The van der Waals surface area contributed by atoms with Crippen molar-refractivity contribution >= 4 is 34.6 Å². The summed E-state index contributed by atoms with van der Waals surface area (Å²) in [5, 5.41) is 0.504. The van der Waals surface area contributed by atoms with Gasteiger partial charge in [0.05, 0.1) is 17.1 Å². The predicted octanol–water partition coefficient (Wildman–Crippen LogP) is 3.83. The number of nitrogens with one attached hydrogen (secondary N) is 2. The van der Waals surface area contributed by atoms with Gasteiger partial charge in [-0.1, -0.05) is 29.3 Å². The smallest absolute Gasteiger partial charge is 0.272 e. The fourth-order valence-electron chi connectivity index (χ4n) is 4.60. The average molecular weight is 503 g/mol. The second kappa shape index (κ2) is 9.27. The number of rotatable bonds is 5. The van der Waals surface area contributed by atoms with Gasteiger partial charge in [-0.05, 0) is 36.6 Å². The molecular weight excluding hydrogens is 480 g/mol. The minimum absolute atomic E-state index is 0.0493. The van der Waals surface area contributed by atoms with E-state index < -0.39 is 5.82 Å². The number of amides is 1. The Kier molecular flexibility index (Phi) is 6.18. The van der Waals surface area contributed by atoms with Crippen molar-refractivity contribution in [3.63, 3.8) is 0 Å². The molecular formula is C24H23Cl2FN5O2+. The van der Waals surface area contributed by atoms with Crippen molar-refractivity contribution in [2.24, 2.45) is 5.92 Å². The molecule has 34 heavy (non-hydrogen) atoms. The number of H-pyrrole nitrogens is 2. The highest BCUT2D eigenvalue weighted by molar-refractivity contribution is 6.42. The van der Waals surface area contributed by atoms with Crippen molar-refractivity contribution in [3.05, 3.63) is 92.4 Å². The molecule has 4 heterocycles. The highest BCUT2D eigenvalue weighted by atomic mass is 35.5. The Balaban J connectivity index is 1.34. The lowest BCUT2D eigenvalue weighted by Gasteiger charge is -2.31. The number of halogens is 3. The van der Waals surface area contributed by atoms with E-state index in [0.29, 0.717) is 36.6 Å². The summed E-state index contributed by atoms with van der Waals surface area (Å²) in [5.41, 5.74) is 1.45. The number of imidazole rings is 1. The monoisotopic (exact) mass is 502 g/mol. The van der Waals surface area contributed by atoms with Crippen LogP contribution in [0.2, 0.25) is 10.2 Å². The fourth-order valence-corrected chi connectivity index (χ4v) is 5.04. The van der Waals surface area contributed by atoms with Crippen molar-refractivity contribution < 1.29 is 13.8 Å². The van der Waals surface area contributed by atoms with Gasteiger partial charge in [0.2, 0.25) is 6.33 Å². The van der Waals surface area contributed by atoms with Gasteiger partial charge in [0.25, 0.3) is 11.5 Å². The second-order valence-electron chi connectivity index (χ2n) is 8.65. The van der Waals surface area contributed by atoms with Crippen LogP contribution in [0.25, 0.3) is 5.52 Å². The van der Waals surface area contributed by atoms with Gasteiger partial charge in [0.15, 0.2) is 0 Å². The highest BCUT2D eigenvalue weighted by Crippen LogP contribution is 2.27. The average Bonchev–Trinajstić information content (AvgIpc) is 3.45. The lowest BCUT2D eigenvalue weighted by atomic mass is 9.96. The number of likely N-dealkylation sites (tertiary alicyclic amines) is 1. The van der Waals surface area contributed by atoms with E-state index in [1.54, 1.807) is 27.6 Å². The molecule has 0 radical (unpaired) electrons. The number of aromatic nitrogens is 4. The van der Waals surface area contributed by atoms with E-state index in [4.69, 9.17) is 23.2 Å². The highest BCUT2D eigenvalue weighted by Gasteiger charge is 2.26. The van der Waals surface area contributed by atoms with E-state index in [1.807, 2.05) is 18.7 Å². The summed E-state index contributed by atoms with van der Waals surface area (Å²) in [5.74, 6) is -0.380. The van der Waals surface area contributed by atoms with E-state index in [2.05, 4.69) is 14.5 Å². The summed E-state index contributed by atoms with van der Waals surface area (Å²) in [6.45, 7) is 2.08. The Morgan fingerprint density at radius 3 is 2.74 bits per heavy atom. The van der Waals surface area contributed by atoms with Gasteiger partial charge in [-0.2, -0.15) is 0 Å². The molecule has 1 aromatic carbocycles. The van der Waals surface area contributed by atoms with Crippen LogP contribution in [0.1, 0.15) is 34.5 Å². The van der Waals surface area contributed by atoms with Crippen LogP contribution in [-0.4, -0.2) is 38.3 Å². The van der Waals surface area contributed by atoms with Crippen molar-refractivity contribution in [2.45, 2.75) is 25.8 Å². The standard InChI is InChI=1S/C24H22Cl2FN5O2/c25-19-11-21-23(33)29-12-17(32(21)22(19)26)9-16-1-2-20(27)18(10-16)24(34)31-6-3-15(4-7-31)13-30-8-5-28-14-30/h1-2,5,8,10-12,14-15H,3-4,6-7,9,13H2,(H,29,33)/p+1. The van der Waals surface area contributed by atoms with Crippen LogP contribution in [0.3, 0.4) is 0 Å². The van der Waals surface area contributed by atoms with Crippen LogP contribution >= 0.6 is 23.2 Å². The summed E-state index contributed by atoms with van der Waals surface area (Å²) in [4.78, 5) is 32.7. The molecule has 2 N–H and O–H groups in total. The first-order valence-corrected chi connectivity index (χ1v) is 11.8. The first kappa shape index (κ1) is 22.7. The number of nitrogens with zero attached hydrogens (tertiary/aromatic N) is 3. The fraction of sp³-hybridized carbons (Fsp3) is 0.292. The van der Waals surface area contributed by atoms with Gasteiger partial charge in [0, 0.05) is 37.3 Å². The lowest BCUT2D eigenvalue weighted by molar-refractivity contribution is -0.702. The normalized spacial score (nSPS) is 14.7. The van der Waals surface area contributed by atoms with E-state index in [9.17, 15) is 14.0 Å². The van der Waals surface area contributed by atoms with Gasteiger partial charge in [-0.25, -0.2) is 8.96 Å². The first-order valence-electron chi connectivity index (χ1n) is 11.1. The molecule has 4 aromatic rings. The number of piperidine rings is 1. The molecule has 0 unspecified atom stereocenters. The van der Waals surface area contributed by atoms with Gasteiger partial charge >= 0.3 is 0 Å². The maximum atomic E-state index is 14.7. The number of aromatic amines is 2. The molecule has 3 aromatic heterocycles. The summed E-state index contributed by atoms with van der Waals surface area (Å²) in [6.07, 6.45) is 9.41. The molecule has 0 bridgehead atoms. The molecule has 1 saturated heterocycles. The minimum atomic E-state index is -0.549. The largest absolute Gasteiger partial charge is 0.339 e. The number of hydrogen-bond acceptors (Lipinski definition) is 2. The van der Waals surface area contributed by atoms with Crippen LogP contribution in [0, 0.1) is 11.7 Å². The maximum Gasteiger partial charge on any atom is 0.272 e. The molecule has 1 aliphatic rings. The summed E-state index contributed by atoms with van der Waals surface area (Å²) in [6, 6.07) is 6.02. The zero-order chi connectivity index (χ0) is 23.8. The Morgan fingerprint density at radius 1 is 1.21 bits per heavy atom. The summed E-state index contributed by atoms with van der Waals surface area (Å²) >= 11 is 12.4. The van der Waals surface area contributed by atoms with E-state index >= 15 is 0 Å². The number of fused-ring (bicyclic) bond motifs is 1. The number of carbonyl (C=O) groups excluding carboxylic acids is 1. The molecule has 0 aliphatic carbocycles. The summed E-state index contributed by atoms with van der Waals surface area (Å²) < 4.78 is 18.3. The summed E-state index contributed by atoms with van der Waals surface area (Å²) in [7, 11) is 0. The Bertz CT molecular complexity index is 1410. The quantitative estimate of drug-likeness (QED) is 0.407. The molecule has 1 fully saturated rings. The zero-order valence-electron chi connectivity index (χ0n) is 18.2. The molecule has 0 spiro atoms.